The Bertz CT molecular complexity index is 838. The van der Waals surface area contributed by atoms with Crippen molar-refractivity contribution in [1.29, 1.82) is 0 Å². The second kappa shape index (κ2) is 6.63. The molecule has 25 heavy (non-hydrogen) atoms. The van der Waals surface area contributed by atoms with Crippen LogP contribution in [0.2, 0.25) is 0 Å². The topological polar surface area (TPSA) is 40.6 Å². The van der Waals surface area contributed by atoms with Gasteiger partial charge in [-0.05, 0) is 37.6 Å². The van der Waals surface area contributed by atoms with Gasteiger partial charge >= 0.3 is 0 Å². The van der Waals surface area contributed by atoms with E-state index in [4.69, 9.17) is 0 Å². The minimum absolute atomic E-state index is 0.0289. The summed E-state index contributed by atoms with van der Waals surface area (Å²) in [4.78, 5) is 28.2. The molecule has 1 saturated heterocycles. The van der Waals surface area contributed by atoms with Crippen LogP contribution < -0.4 is 4.90 Å². The van der Waals surface area contributed by atoms with Crippen molar-refractivity contribution in [3.8, 4) is 0 Å². The molecule has 0 N–H and O–H groups in total. The van der Waals surface area contributed by atoms with Crippen LogP contribution in [0.5, 0.6) is 0 Å². The van der Waals surface area contributed by atoms with Gasteiger partial charge in [0.15, 0.2) is 0 Å². The highest BCUT2D eigenvalue weighted by atomic mass is 19.1. The zero-order chi connectivity index (χ0) is 18.1. The van der Waals surface area contributed by atoms with Crippen LogP contribution >= 0.6 is 0 Å². The zero-order valence-electron chi connectivity index (χ0n) is 14.0. The van der Waals surface area contributed by atoms with Crippen LogP contribution in [0.15, 0.2) is 42.5 Å². The maximum absolute atomic E-state index is 14.0. The molecular weight excluding hydrogens is 326 g/mol. The highest BCUT2D eigenvalue weighted by Gasteiger charge is 2.36. The fraction of sp³-hybridized carbons (Fsp3) is 0.263. The lowest BCUT2D eigenvalue weighted by Gasteiger charge is -2.39. The quantitative estimate of drug-likeness (QED) is 0.840. The van der Waals surface area contributed by atoms with Gasteiger partial charge < -0.3 is 9.80 Å². The third-order valence-corrected chi connectivity index (χ3v) is 4.49. The number of benzene rings is 2. The van der Waals surface area contributed by atoms with E-state index in [0.29, 0.717) is 5.56 Å². The average Bonchev–Trinajstić information content (AvgIpc) is 2.58. The van der Waals surface area contributed by atoms with Gasteiger partial charge in [0.05, 0.1) is 5.69 Å². The summed E-state index contributed by atoms with van der Waals surface area (Å²) in [6, 6.07) is 9.55. The van der Waals surface area contributed by atoms with Crippen molar-refractivity contribution in [3.05, 3.63) is 65.2 Å². The molecule has 0 aliphatic carbocycles. The van der Waals surface area contributed by atoms with E-state index in [1.165, 1.54) is 15.9 Å². The molecule has 1 heterocycles. The van der Waals surface area contributed by atoms with Crippen LogP contribution in [0.3, 0.4) is 0 Å². The molecule has 0 bridgehead atoms. The molecule has 0 spiro atoms. The molecular formula is C19H18F2N2O2. The molecule has 1 fully saturated rings. The van der Waals surface area contributed by atoms with Crippen molar-refractivity contribution in [3.63, 3.8) is 0 Å². The number of carbonyl (C=O) groups excluding carboxylic acids is 2. The fourth-order valence-electron chi connectivity index (χ4n) is 3.05. The number of aryl methyl sites for hydroxylation is 1. The number of rotatable bonds is 2. The van der Waals surface area contributed by atoms with E-state index in [9.17, 15) is 18.4 Å². The van der Waals surface area contributed by atoms with Crippen LogP contribution in [-0.2, 0) is 4.79 Å². The molecule has 130 valence electrons. The van der Waals surface area contributed by atoms with Crippen LogP contribution in [-0.4, -0.2) is 35.8 Å². The minimum Gasteiger partial charge on any atom is -0.325 e. The second-order valence-corrected chi connectivity index (χ2v) is 6.08. The summed E-state index contributed by atoms with van der Waals surface area (Å²) in [6.45, 7) is 3.89. The summed E-state index contributed by atoms with van der Waals surface area (Å²) in [7, 11) is 0. The molecule has 3 rings (SSSR count). The van der Waals surface area contributed by atoms with Crippen LogP contribution in [0, 0.1) is 18.6 Å². The van der Waals surface area contributed by atoms with Crippen molar-refractivity contribution >= 4 is 17.5 Å². The van der Waals surface area contributed by atoms with Gasteiger partial charge in [-0.3, -0.25) is 9.59 Å². The molecule has 1 atom stereocenters. The Kier molecular flexibility index (Phi) is 4.53. The Morgan fingerprint density at radius 2 is 1.84 bits per heavy atom. The monoisotopic (exact) mass is 344 g/mol. The number of halogens is 2. The Hall–Kier alpha value is -2.76. The molecule has 4 nitrogen and oxygen atoms in total. The van der Waals surface area contributed by atoms with Crippen molar-refractivity contribution in [2.75, 3.05) is 18.0 Å². The highest BCUT2D eigenvalue weighted by Crippen LogP contribution is 2.25. The summed E-state index contributed by atoms with van der Waals surface area (Å²) in [5.74, 6) is -2.11. The molecule has 0 radical (unpaired) electrons. The maximum atomic E-state index is 14.0. The summed E-state index contributed by atoms with van der Waals surface area (Å²) in [5, 5.41) is 0. The van der Waals surface area contributed by atoms with E-state index in [2.05, 4.69) is 0 Å². The van der Waals surface area contributed by atoms with Crippen molar-refractivity contribution in [2.45, 2.75) is 19.9 Å². The predicted molar refractivity (Wildman–Crippen MR) is 90.4 cm³/mol. The van der Waals surface area contributed by atoms with Gasteiger partial charge in [-0.25, -0.2) is 8.78 Å². The Labute approximate surface area is 144 Å². The number of amides is 2. The molecule has 2 amide bonds. The second-order valence-electron chi connectivity index (χ2n) is 6.08. The zero-order valence-corrected chi connectivity index (χ0v) is 14.0. The van der Waals surface area contributed by atoms with Gasteiger partial charge in [-0.1, -0.05) is 18.2 Å². The van der Waals surface area contributed by atoms with Gasteiger partial charge in [0, 0.05) is 24.7 Å². The minimum atomic E-state index is -0.792. The summed E-state index contributed by atoms with van der Waals surface area (Å²) in [6.07, 6.45) is 0. The van der Waals surface area contributed by atoms with E-state index in [1.54, 1.807) is 19.1 Å². The SMILES string of the molecule is Cc1ccccc1C(=O)N1CCN(c2ccc(F)cc2F)C(=O)[C@H]1C. The number of piperazine rings is 1. The third-order valence-electron chi connectivity index (χ3n) is 4.49. The number of hydrogen-bond acceptors (Lipinski definition) is 2. The standard InChI is InChI=1S/C19H18F2N2O2/c1-12-5-3-4-6-15(12)19(25)22-9-10-23(18(24)13(22)2)17-8-7-14(20)11-16(17)21/h3-8,11,13H,9-10H2,1-2H3/t13-/m1/s1. The third kappa shape index (κ3) is 3.12. The number of nitrogens with zero attached hydrogens (tertiary/aromatic N) is 2. The van der Waals surface area contributed by atoms with E-state index in [0.717, 1.165) is 17.7 Å². The first kappa shape index (κ1) is 17.1. The Morgan fingerprint density at radius 1 is 1.12 bits per heavy atom. The van der Waals surface area contributed by atoms with E-state index < -0.39 is 23.6 Å². The van der Waals surface area contributed by atoms with Crippen molar-refractivity contribution in [1.82, 2.24) is 4.90 Å². The molecule has 1 aliphatic heterocycles. The van der Waals surface area contributed by atoms with Gasteiger partial charge in [0.2, 0.25) is 5.91 Å². The molecule has 0 aromatic heterocycles. The summed E-state index contributed by atoms with van der Waals surface area (Å²) < 4.78 is 27.1. The molecule has 6 heteroatoms. The number of carbonyl (C=O) groups is 2. The molecule has 2 aromatic rings. The Morgan fingerprint density at radius 3 is 2.52 bits per heavy atom. The van der Waals surface area contributed by atoms with Crippen molar-refractivity contribution < 1.29 is 18.4 Å². The summed E-state index contributed by atoms with van der Waals surface area (Å²) >= 11 is 0. The summed E-state index contributed by atoms with van der Waals surface area (Å²) in [5.41, 5.74) is 1.41. The van der Waals surface area contributed by atoms with Gasteiger partial charge in [-0.15, -0.1) is 0 Å². The Balaban J connectivity index is 1.84. The van der Waals surface area contributed by atoms with Gasteiger partial charge in [0.25, 0.3) is 5.91 Å². The fourth-order valence-corrected chi connectivity index (χ4v) is 3.05. The smallest absolute Gasteiger partial charge is 0.254 e. The van der Waals surface area contributed by atoms with Crippen LogP contribution in [0.25, 0.3) is 0 Å². The lowest BCUT2D eigenvalue weighted by atomic mass is 10.0. The van der Waals surface area contributed by atoms with Crippen molar-refractivity contribution in [2.24, 2.45) is 0 Å². The lowest BCUT2D eigenvalue weighted by molar-refractivity contribution is -0.124. The van der Waals surface area contributed by atoms with Gasteiger partial charge in [0.1, 0.15) is 17.7 Å². The van der Waals surface area contributed by atoms with E-state index >= 15 is 0 Å². The first-order chi connectivity index (χ1) is 11.9. The van der Waals surface area contributed by atoms with E-state index in [-0.39, 0.29) is 24.7 Å². The highest BCUT2D eigenvalue weighted by molar-refractivity contribution is 6.03. The van der Waals surface area contributed by atoms with Crippen LogP contribution in [0.4, 0.5) is 14.5 Å². The maximum Gasteiger partial charge on any atom is 0.254 e. The lowest BCUT2D eigenvalue weighted by Crippen LogP contribution is -2.58. The van der Waals surface area contributed by atoms with Gasteiger partial charge in [-0.2, -0.15) is 0 Å². The molecule has 0 saturated carbocycles. The molecule has 2 aromatic carbocycles. The molecule has 0 unspecified atom stereocenters. The first-order valence-corrected chi connectivity index (χ1v) is 8.03. The number of hydrogen-bond donors (Lipinski definition) is 0. The van der Waals surface area contributed by atoms with Crippen LogP contribution in [0.1, 0.15) is 22.8 Å². The van der Waals surface area contributed by atoms with E-state index in [1.807, 2.05) is 19.1 Å². The first-order valence-electron chi connectivity index (χ1n) is 8.03. The number of anilines is 1. The average molecular weight is 344 g/mol. The normalized spacial score (nSPS) is 17.8. The largest absolute Gasteiger partial charge is 0.325 e. The molecule has 1 aliphatic rings. The predicted octanol–water partition coefficient (Wildman–Crippen LogP) is 3.15.